The van der Waals surface area contributed by atoms with Gasteiger partial charge in [0, 0.05) is 12.1 Å². The number of aromatic nitrogens is 3. The van der Waals surface area contributed by atoms with Crippen LogP contribution < -0.4 is 15.4 Å². The third-order valence-electron chi connectivity index (χ3n) is 6.13. The first-order valence-corrected chi connectivity index (χ1v) is 12.8. The van der Waals surface area contributed by atoms with Crippen molar-refractivity contribution in [3.63, 3.8) is 0 Å². The smallest absolute Gasteiger partial charge is 0.240 e. The van der Waals surface area contributed by atoms with E-state index in [1.54, 1.807) is 12.3 Å². The van der Waals surface area contributed by atoms with E-state index in [1.807, 2.05) is 31.3 Å². The molecule has 178 valence electrons. The highest BCUT2D eigenvalue weighted by Gasteiger charge is 2.26. The molecule has 10 heteroatoms. The van der Waals surface area contributed by atoms with Crippen molar-refractivity contribution in [2.24, 2.45) is 5.92 Å². The number of H-pyrrole nitrogens is 1. The molecule has 1 aliphatic heterocycles. The van der Waals surface area contributed by atoms with Crippen molar-refractivity contribution in [1.29, 1.82) is 0 Å². The Morgan fingerprint density at radius 2 is 2.03 bits per heavy atom. The molecule has 1 aromatic carbocycles. The molecule has 4 aromatic rings. The van der Waals surface area contributed by atoms with Gasteiger partial charge in [-0.1, -0.05) is 26.0 Å². The van der Waals surface area contributed by atoms with Crippen LogP contribution in [0.25, 0.3) is 22.3 Å². The number of sulfonamides is 1. The molecule has 4 heterocycles. The lowest BCUT2D eigenvalue weighted by molar-refractivity contribution is 0.496. The third-order valence-corrected chi connectivity index (χ3v) is 7.67. The van der Waals surface area contributed by atoms with E-state index in [2.05, 4.69) is 44.2 Å². The fourth-order valence-corrected chi connectivity index (χ4v) is 5.73. The SMILES string of the molecule is CNCc1cc(-c2cc3c(N[C@@H](c4ccc5c(c4)S(=O)(=O)NCC5)C(C)C)ncnc3[nH]2)co1. The van der Waals surface area contributed by atoms with Gasteiger partial charge in [-0.3, -0.25) is 0 Å². The van der Waals surface area contributed by atoms with Gasteiger partial charge in [0.2, 0.25) is 10.0 Å². The Hall–Kier alpha value is -3.21. The summed E-state index contributed by atoms with van der Waals surface area (Å²) in [6.07, 6.45) is 3.93. The lowest BCUT2D eigenvalue weighted by Gasteiger charge is -2.26. The number of nitrogens with zero attached hydrogens (tertiary/aromatic N) is 2. The molecule has 1 atom stereocenters. The van der Waals surface area contributed by atoms with Crippen LogP contribution in [0, 0.1) is 5.92 Å². The van der Waals surface area contributed by atoms with Crippen molar-refractivity contribution in [1.82, 2.24) is 25.0 Å². The Bertz CT molecular complexity index is 1440. The number of furan rings is 1. The molecule has 9 nitrogen and oxygen atoms in total. The predicted octanol–water partition coefficient (Wildman–Crippen LogP) is 3.58. The Kier molecular flexibility index (Phi) is 5.88. The maximum absolute atomic E-state index is 12.6. The van der Waals surface area contributed by atoms with Gasteiger partial charge >= 0.3 is 0 Å². The summed E-state index contributed by atoms with van der Waals surface area (Å²) in [5, 5.41) is 7.47. The molecule has 3 aromatic heterocycles. The second-order valence-electron chi connectivity index (χ2n) is 8.88. The summed E-state index contributed by atoms with van der Waals surface area (Å²) in [4.78, 5) is 12.6. The topological polar surface area (TPSA) is 125 Å². The number of anilines is 1. The van der Waals surface area contributed by atoms with Crippen molar-refractivity contribution in [3.8, 4) is 11.3 Å². The molecular weight excluding hydrogens is 452 g/mol. The van der Waals surface area contributed by atoms with Crippen LogP contribution in [0.15, 0.2) is 52.2 Å². The molecule has 0 aliphatic carbocycles. The second kappa shape index (κ2) is 8.86. The van der Waals surface area contributed by atoms with Gasteiger partial charge in [-0.05, 0) is 48.7 Å². The summed E-state index contributed by atoms with van der Waals surface area (Å²) in [5.74, 6) is 1.71. The average molecular weight is 481 g/mol. The predicted molar refractivity (Wildman–Crippen MR) is 131 cm³/mol. The van der Waals surface area contributed by atoms with Crippen LogP contribution in [-0.4, -0.2) is 37.0 Å². The number of aromatic amines is 1. The largest absolute Gasteiger partial charge is 0.467 e. The zero-order chi connectivity index (χ0) is 23.9. The number of nitrogens with one attached hydrogen (secondary N) is 4. The highest BCUT2D eigenvalue weighted by atomic mass is 32.2. The van der Waals surface area contributed by atoms with E-state index in [1.165, 1.54) is 6.33 Å². The second-order valence-corrected chi connectivity index (χ2v) is 10.6. The van der Waals surface area contributed by atoms with E-state index in [9.17, 15) is 8.42 Å². The minimum absolute atomic E-state index is 0.143. The minimum atomic E-state index is -3.48. The fraction of sp³-hybridized carbons (Fsp3) is 0.333. The van der Waals surface area contributed by atoms with Gasteiger partial charge in [0.1, 0.15) is 29.8 Å². The van der Waals surface area contributed by atoms with Crippen molar-refractivity contribution in [3.05, 3.63) is 59.8 Å². The van der Waals surface area contributed by atoms with Crippen LogP contribution >= 0.6 is 0 Å². The van der Waals surface area contributed by atoms with Crippen LogP contribution in [0.4, 0.5) is 5.82 Å². The van der Waals surface area contributed by atoms with E-state index >= 15 is 0 Å². The summed E-state index contributed by atoms with van der Waals surface area (Å²) in [6.45, 7) is 5.27. The number of hydrogen-bond donors (Lipinski definition) is 4. The first kappa shape index (κ1) is 22.6. The fourth-order valence-electron chi connectivity index (χ4n) is 4.40. The minimum Gasteiger partial charge on any atom is -0.467 e. The lowest BCUT2D eigenvalue weighted by Crippen LogP contribution is -2.32. The van der Waals surface area contributed by atoms with Gasteiger partial charge in [0.25, 0.3) is 0 Å². The molecule has 1 aliphatic rings. The average Bonchev–Trinajstić information content (AvgIpc) is 3.44. The normalized spacial score (nSPS) is 16.0. The van der Waals surface area contributed by atoms with Gasteiger partial charge in [-0.25, -0.2) is 23.1 Å². The Morgan fingerprint density at radius 1 is 1.18 bits per heavy atom. The molecule has 0 saturated carbocycles. The van der Waals surface area contributed by atoms with E-state index in [0.717, 1.165) is 33.5 Å². The van der Waals surface area contributed by atoms with Crippen molar-refractivity contribution in [2.75, 3.05) is 18.9 Å². The molecule has 0 fully saturated rings. The van der Waals surface area contributed by atoms with E-state index in [-0.39, 0.29) is 12.0 Å². The molecule has 0 radical (unpaired) electrons. The number of fused-ring (bicyclic) bond motifs is 2. The number of benzene rings is 1. The number of hydrogen-bond acceptors (Lipinski definition) is 7. The van der Waals surface area contributed by atoms with Crippen molar-refractivity contribution >= 4 is 26.9 Å². The van der Waals surface area contributed by atoms with E-state index in [4.69, 9.17) is 4.42 Å². The lowest BCUT2D eigenvalue weighted by atomic mass is 9.94. The first-order valence-electron chi connectivity index (χ1n) is 11.3. The van der Waals surface area contributed by atoms with Crippen LogP contribution in [-0.2, 0) is 23.0 Å². The highest BCUT2D eigenvalue weighted by molar-refractivity contribution is 7.89. The van der Waals surface area contributed by atoms with Crippen LogP contribution in [0.1, 0.15) is 36.8 Å². The van der Waals surface area contributed by atoms with Gasteiger partial charge in [-0.2, -0.15) is 0 Å². The van der Waals surface area contributed by atoms with Crippen LogP contribution in [0.2, 0.25) is 0 Å². The van der Waals surface area contributed by atoms with Crippen molar-refractivity contribution < 1.29 is 12.8 Å². The molecule has 34 heavy (non-hydrogen) atoms. The monoisotopic (exact) mass is 480 g/mol. The Labute approximate surface area is 198 Å². The summed E-state index contributed by atoms with van der Waals surface area (Å²) in [5.41, 5.74) is 4.28. The molecule has 0 spiro atoms. The molecule has 0 amide bonds. The van der Waals surface area contributed by atoms with Crippen molar-refractivity contribution in [2.45, 2.75) is 37.8 Å². The maximum atomic E-state index is 12.6. The van der Waals surface area contributed by atoms with E-state index in [0.29, 0.717) is 35.9 Å². The molecule has 0 bridgehead atoms. The Balaban J connectivity index is 1.50. The van der Waals surface area contributed by atoms with Gasteiger partial charge in [0.05, 0.1) is 28.6 Å². The van der Waals surface area contributed by atoms with Crippen LogP contribution in [0.5, 0.6) is 0 Å². The molecule has 0 saturated heterocycles. The van der Waals surface area contributed by atoms with Gasteiger partial charge in [-0.15, -0.1) is 0 Å². The summed E-state index contributed by atoms with van der Waals surface area (Å²) in [6, 6.07) is 9.56. The Morgan fingerprint density at radius 3 is 2.82 bits per heavy atom. The molecule has 4 N–H and O–H groups in total. The zero-order valence-electron chi connectivity index (χ0n) is 19.3. The molecule has 5 rings (SSSR count). The molecular formula is C24H28N6O3S. The van der Waals surface area contributed by atoms with Crippen LogP contribution in [0.3, 0.4) is 0 Å². The van der Waals surface area contributed by atoms with E-state index < -0.39 is 10.0 Å². The van der Waals surface area contributed by atoms with Gasteiger partial charge < -0.3 is 20.0 Å². The number of rotatable bonds is 7. The maximum Gasteiger partial charge on any atom is 0.240 e. The summed E-state index contributed by atoms with van der Waals surface area (Å²) >= 11 is 0. The summed E-state index contributed by atoms with van der Waals surface area (Å²) < 4.78 is 33.4. The summed E-state index contributed by atoms with van der Waals surface area (Å²) in [7, 11) is -1.61. The third kappa shape index (κ3) is 4.20. The first-order chi connectivity index (χ1) is 16.4. The highest BCUT2D eigenvalue weighted by Crippen LogP contribution is 2.33. The van der Waals surface area contributed by atoms with Gasteiger partial charge in [0.15, 0.2) is 0 Å². The molecule has 0 unspecified atom stereocenters. The quantitative estimate of drug-likeness (QED) is 0.319. The zero-order valence-corrected chi connectivity index (χ0v) is 20.2. The standard InChI is InChI=1S/C24H28N6O3S/c1-14(2)22(16-5-4-15-6-7-28-34(31,32)21(15)9-16)30-24-19-10-20(29-23(19)26-13-27-24)17-8-18(11-25-3)33-12-17/h4-5,8-10,12-14,22,25,28H,6-7,11H2,1-3H3,(H2,26,27,29,30)/t22-/m1/s1.